The molecule has 7 heteroatoms. The summed E-state index contributed by atoms with van der Waals surface area (Å²) < 4.78 is 0. The van der Waals surface area contributed by atoms with Crippen LogP contribution >= 0.6 is 11.8 Å². The Morgan fingerprint density at radius 3 is 2.79 bits per heavy atom. The zero-order valence-corrected chi connectivity index (χ0v) is 8.06. The summed E-state index contributed by atoms with van der Waals surface area (Å²) in [7, 11) is 0. The minimum atomic E-state index is -0.527. The highest BCUT2D eigenvalue weighted by Crippen LogP contribution is 2.31. The zero-order chi connectivity index (χ0) is 10.6. The van der Waals surface area contributed by atoms with Crippen molar-refractivity contribution in [3.8, 4) is 0 Å². The van der Waals surface area contributed by atoms with Gasteiger partial charge in [0.15, 0.2) is 0 Å². The van der Waals surface area contributed by atoms with Crippen molar-refractivity contribution >= 4 is 23.1 Å². The molecule has 0 bridgehead atoms. The van der Waals surface area contributed by atoms with Gasteiger partial charge in [0.05, 0.1) is 4.92 Å². The van der Waals surface area contributed by atoms with Crippen LogP contribution in [0.1, 0.15) is 0 Å². The number of thioether (sulfide) groups is 1. The van der Waals surface area contributed by atoms with Crippen LogP contribution in [0.2, 0.25) is 0 Å². The van der Waals surface area contributed by atoms with Crippen LogP contribution in [0.15, 0.2) is 33.5 Å². The van der Waals surface area contributed by atoms with Crippen molar-refractivity contribution in [2.75, 3.05) is 6.26 Å². The molecule has 0 radical (unpaired) electrons. The summed E-state index contributed by atoms with van der Waals surface area (Å²) in [5, 5.41) is 24.6. The first-order valence-corrected chi connectivity index (χ1v) is 4.79. The number of nitro groups is 1. The van der Waals surface area contributed by atoms with Gasteiger partial charge in [-0.3, -0.25) is 10.1 Å². The predicted octanol–water partition coefficient (Wildman–Crippen LogP) is 2.79. The summed E-state index contributed by atoms with van der Waals surface area (Å²) in [5.74, 6) is 0. The Bertz CT molecular complexity index is 380. The predicted molar refractivity (Wildman–Crippen MR) is 51.2 cm³/mol. The smallest absolute Gasteiger partial charge is 0.271 e. The van der Waals surface area contributed by atoms with E-state index in [-0.39, 0.29) is 11.4 Å². The fourth-order valence-corrected chi connectivity index (χ4v) is 1.43. The lowest BCUT2D eigenvalue weighted by Crippen LogP contribution is -1.87. The van der Waals surface area contributed by atoms with E-state index >= 15 is 0 Å². The van der Waals surface area contributed by atoms with Gasteiger partial charge in [-0.1, -0.05) is 0 Å². The standard InChI is InChI=1S/C7H7N3O3S/c1-14-7-3-2-5(10(12)13)4-6(7)8-9-11/h2-4H,1H3,(H,8,11). The molecule has 1 rings (SSSR count). The van der Waals surface area contributed by atoms with Gasteiger partial charge in [0.1, 0.15) is 5.69 Å². The molecule has 0 spiro atoms. The van der Waals surface area contributed by atoms with Crippen molar-refractivity contribution in [1.29, 1.82) is 0 Å². The molecule has 1 N–H and O–H groups in total. The van der Waals surface area contributed by atoms with Gasteiger partial charge in [-0.15, -0.1) is 16.9 Å². The van der Waals surface area contributed by atoms with Gasteiger partial charge in [0.25, 0.3) is 5.69 Å². The summed E-state index contributed by atoms with van der Waals surface area (Å²) in [4.78, 5) is 10.6. The van der Waals surface area contributed by atoms with Crippen molar-refractivity contribution in [3.63, 3.8) is 0 Å². The summed E-state index contributed by atoms with van der Waals surface area (Å²) in [6.07, 6.45) is 1.80. The minimum absolute atomic E-state index is 0.0785. The second-order valence-electron chi connectivity index (χ2n) is 2.30. The lowest BCUT2D eigenvalue weighted by Gasteiger charge is -1.99. The molecule has 14 heavy (non-hydrogen) atoms. The number of nitrogens with zero attached hydrogens (tertiary/aromatic N) is 3. The van der Waals surface area contributed by atoms with Crippen LogP contribution in [0.4, 0.5) is 11.4 Å². The molecule has 0 atom stereocenters. The first-order valence-electron chi connectivity index (χ1n) is 3.56. The van der Waals surface area contributed by atoms with Gasteiger partial charge in [-0.2, -0.15) is 0 Å². The molecule has 0 heterocycles. The minimum Gasteiger partial charge on any atom is -0.394 e. The highest BCUT2D eigenvalue weighted by atomic mass is 32.2. The zero-order valence-electron chi connectivity index (χ0n) is 7.25. The Morgan fingerprint density at radius 1 is 1.57 bits per heavy atom. The van der Waals surface area contributed by atoms with Gasteiger partial charge in [-0.25, -0.2) is 0 Å². The van der Waals surface area contributed by atoms with Gasteiger partial charge < -0.3 is 5.21 Å². The van der Waals surface area contributed by atoms with Crippen molar-refractivity contribution in [1.82, 2.24) is 0 Å². The summed E-state index contributed by atoms with van der Waals surface area (Å²) in [6, 6.07) is 4.20. The second kappa shape index (κ2) is 4.56. The molecular formula is C7H7N3O3S. The van der Waals surface area contributed by atoms with Crippen molar-refractivity contribution in [2.45, 2.75) is 4.90 Å². The van der Waals surface area contributed by atoms with Gasteiger partial charge in [0.2, 0.25) is 0 Å². The van der Waals surface area contributed by atoms with Crippen molar-refractivity contribution < 1.29 is 10.1 Å². The van der Waals surface area contributed by atoms with Crippen LogP contribution in [0.25, 0.3) is 0 Å². The molecule has 0 saturated heterocycles. The average molecular weight is 213 g/mol. The Balaban J connectivity index is 3.20. The van der Waals surface area contributed by atoms with E-state index in [1.807, 2.05) is 0 Å². The van der Waals surface area contributed by atoms with Gasteiger partial charge in [-0.05, 0) is 12.3 Å². The van der Waals surface area contributed by atoms with Crippen LogP contribution in [0, 0.1) is 10.1 Å². The van der Waals surface area contributed by atoms with Gasteiger partial charge in [0, 0.05) is 22.3 Å². The first kappa shape index (κ1) is 10.5. The monoisotopic (exact) mass is 213 g/mol. The van der Waals surface area contributed by atoms with E-state index in [1.54, 1.807) is 12.3 Å². The molecule has 1 aromatic carbocycles. The third-order valence-electron chi connectivity index (χ3n) is 1.53. The van der Waals surface area contributed by atoms with E-state index < -0.39 is 4.92 Å². The fourth-order valence-electron chi connectivity index (χ4n) is 0.918. The maximum atomic E-state index is 10.4. The van der Waals surface area contributed by atoms with Crippen LogP contribution in [-0.2, 0) is 0 Å². The first-order chi connectivity index (χ1) is 6.69. The molecule has 74 valence electrons. The Kier molecular flexibility index (Phi) is 3.41. The maximum Gasteiger partial charge on any atom is 0.271 e. The highest BCUT2D eigenvalue weighted by Gasteiger charge is 2.09. The quantitative estimate of drug-likeness (QED) is 0.362. The van der Waals surface area contributed by atoms with Crippen LogP contribution in [-0.4, -0.2) is 16.4 Å². The number of nitro benzene ring substituents is 1. The van der Waals surface area contributed by atoms with E-state index in [0.29, 0.717) is 4.90 Å². The number of hydrogen-bond donors (Lipinski definition) is 1. The van der Waals surface area contributed by atoms with Crippen molar-refractivity contribution in [2.24, 2.45) is 10.4 Å². The van der Waals surface area contributed by atoms with E-state index in [1.165, 1.54) is 23.9 Å². The molecule has 6 nitrogen and oxygen atoms in total. The Hall–Kier alpha value is -1.63. The highest BCUT2D eigenvalue weighted by molar-refractivity contribution is 7.98. The summed E-state index contributed by atoms with van der Waals surface area (Å²) >= 11 is 1.37. The second-order valence-corrected chi connectivity index (χ2v) is 3.15. The van der Waals surface area contributed by atoms with E-state index in [0.717, 1.165) is 0 Å². The normalized spacial score (nSPS) is 10.6. The topological polar surface area (TPSA) is 88.1 Å². The third kappa shape index (κ3) is 2.19. The molecular weight excluding hydrogens is 206 g/mol. The molecule has 0 aliphatic carbocycles. The summed E-state index contributed by atoms with van der Waals surface area (Å²) in [6.45, 7) is 0. The largest absolute Gasteiger partial charge is 0.394 e. The number of non-ortho nitro benzene ring substituents is 1. The molecule has 1 aromatic rings. The molecule has 0 amide bonds. The lowest BCUT2D eigenvalue weighted by atomic mass is 10.3. The molecule has 0 saturated carbocycles. The third-order valence-corrected chi connectivity index (χ3v) is 2.31. The van der Waals surface area contributed by atoms with Gasteiger partial charge >= 0.3 is 0 Å². The lowest BCUT2D eigenvalue weighted by molar-refractivity contribution is -0.384. The van der Waals surface area contributed by atoms with Crippen LogP contribution < -0.4 is 0 Å². The molecule has 0 aliphatic heterocycles. The molecule has 0 unspecified atom stereocenters. The van der Waals surface area contributed by atoms with Crippen LogP contribution in [0.3, 0.4) is 0 Å². The fraction of sp³-hybridized carbons (Fsp3) is 0.143. The Labute approximate surface area is 83.8 Å². The SMILES string of the molecule is CSc1ccc([N+](=O)[O-])cc1/N=N\O. The van der Waals surface area contributed by atoms with E-state index in [9.17, 15) is 10.1 Å². The summed E-state index contributed by atoms with van der Waals surface area (Å²) in [5.41, 5.74) is 0.208. The average Bonchev–Trinajstić information content (AvgIpc) is 2.18. The van der Waals surface area contributed by atoms with E-state index in [4.69, 9.17) is 5.21 Å². The van der Waals surface area contributed by atoms with Crippen LogP contribution in [0.5, 0.6) is 0 Å². The number of benzene rings is 1. The number of hydrogen-bond acceptors (Lipinski definition) is 5. The maximum absolute atomic E-state index is 10.4. The van der Waals surface area contributed by atoms with Crippen molar-refractivity contribution in [3.05, 3.63) is 28.3 Å². The van der Waals surface area contributed by atoms with E-state index in [2.05, 4.69) is 10.4 Å². The molecule has 0 aliphatic rings. The Morgan fingerprint density at radius 2 is 2.29 bits per heavy atom. The molecule has 0 fully saturated rings. The number of rotatable bonds is 3. The molecule has 0 aromatic heterocycles.